The Hall–Kier alpha value is -5.20. The molecule has 1 saturated carbocycles. The number of esters is 2. The van der Waals surface area contributed by atoms with E-state index in [1.807, 2.05) is 60.7 Å². The number of aliphatic hydroxyl groups excluding tert-OH is 6. The van der Waals surface area contributed by atoms with Crippen molar-refractivity contribution in [3.8, 4) is 0 Å². The van der Waals surface area contributed by atoms with Gasteiger partial charge in [0, 0.05) is 24.0 Å². The number of benzene rings is 3. The lowest BCUT2D eigenvalue weighted by Crippen LogP contribution is -2.71. The minimum atomic E-state index is -1.78. The van der Waals surface area contributed by atoms with Crippen LogP contribution in [0.25, 0.3) is 6.08 Å². The third-order valence-corrected chi connectivity index (χ3v) is 13.5. The van der Waals surface area contributed by atoms with E-state index in [1.54, 1.807) is 57.2 Å². The lowest BCUT2D eigenvalue weighted by molar-refractivity contribution is -0.298. The second-order valence-electron chi connectivity index (χ2n) is 19.6. The van der Waals surface area contributed by atoms with Gasteiger partial charge in [0.25, 0.3) is 0 Å². The van der Waals surface area contributed by atoms with Gasteiger partial charge in [-0.1, -0.05) is 97.1 Å². The maximum Gasteiger partial charge on any atom is 0.327 e. The second kappa shape index (κ2) is 21.5. The number of ether oxygens (including phenoxy) is 6. The molecule has 8 N–H and O–H groups in total. The minimum absolute atomic E-state index is 0.00421. The van der Waals surface area contributed by atoms with Gasteiger partial charge in [0.15, 0.2) is 12.3 Å². The molecule has 3 aromatic rings. The van der Waals surface area contributed by atoms with Gasteiger partial charge in [-0.05, 0) is 45.2 Å². The lowest BCUT2D eigenvalue weighted by Gasteiger charge is -2.49. The zero-order valence-corrected chi connectivity index (χ0v) is 39.8. The Labute approximate surface area is 410 Å². The lowest BCUT2D eigenvalue weighted by atomic mass is 9.62. The summed E-state index contributed by atoms with van der Waals surface area (Å²) in [5, 5.41) is 67.9. The van der Waals surface area contributed by atoms with Crippen molar-refractivity contribution in [1.82, 2.24) is 15.7 Å². The smallest absolute Gasteiger partial charge is 0.327 e. The van der Waals surface area contributed by atoms with Gasteiger partial charge in [-0.3, -0.25) is 24.0 Å². The number of fused-ring (bicyclic) bond motifs is 4. The summed E-state index contributed by atoms with van der Waals surface area (Å²) in [6.45, 7) is 5.24. The first kappa shape index (κ1) is 52.1. The van der Waals surface area contributed by atoms with Crippen molar-refractivity contribution in [1.29, 1.82) is 0 Å². The van der Waals surface area contributed by atoms with Crippen molar-refractivity contribution < 1.29 is 83.1 Å². The van der Waals surface area contributed by atoms with E-state index in [1.165, 1.54) is 12.0 Å². The predicted octanol–water partition coefficient (Wildman–Crippen LogP) is 0.466. The number of carbonyl (C=O) groups is 4. The fourth-order valence-electron chi connectivity index (χ4n) is 10.0. The van der Waals surface area contributed by atoms with Crippen molar-refractivity contribution in [2.75, 3.05) is 19.8 Å². The molecule has 3 aromatic carbocycles. The van der Waals surface area contributed by atoms with Gasteiger partial charge in [0.05, 0.1) is 38.5 Å². The van der Waals surface area contributed by atoms with Gasteiger partial charge < -0.3 is 69.7 Å². The average molecular weight is 990 g/mol. The van der Waals surface area contributed by atoms with E-state index >= 15 is 4.79 Å². The highest BCUT2D eigenvalue weighted by Crippen LogP contribution is 2.59. The molecule has 8 rings (SSSR count). The molecule has 2 amide bonds. The molecule has 71 heavy (non-hydrogen) atoms. The van der Waals surface area contributed by atoms with Crippen LogP contribution in [0, 0.1) is 5.41 Å². The van der Waals surface area contributed by atoms with Crippen LogP contribution in [-0.4, -0.2) is 164 Å². The number of nitrogens with zero attached hydrogens (tertiary/aromatic N) is 1. The van der Waals surface area contributed by atoms with Crippen LogP contribution >= 0.6 is 0 Å². The van der Waals surface area contributed by atoms with Gasteiger partial charge >= 0.3 is 11.9 Å². The summed E-state index contributed by atoms with van der Waals surface area (Å²) in [4.78, 5) is 63.0. The highest BCUT2D eigenvalue weighted by Gasteiger charge is 2.77. The van der Waals surface area contributed by atoms with E-state index in [0.717, 1.165) is 5.56 Å². The van der Waals surface area contributed by atoms with E-state index in [2.05, 4.69) is 10.6 Å². The summed E-state index contributed by atoms with van der Waals surface area (Å²) >= 11 is 0. The quantitative estimate of drug-likeness (QED) is 0.0804. The molecule has 1 aliphatic carbocycles. The number of amides is 2. The molecule has 4 aliphatic heterocycles. The zero-order chi connectivity index (χ0) is 50.8. The highest BCUT2D eigenvalue weighted by molar-refractivity contribution is 5.96. The fourth-order valence-corrected chi connectivity index (χ4v) is 10.0. The molecule has 20 nitrogen and oxygen atoms in total. The number of aliphatic hydroxyl groups is 6. The van der Waals surface area contributed by atoms with Crippen LogP contribution < -0.4 is 10.6 Å². The van der Waals surface area contributed by atoms with Crippen molar-refractivity contribution in [3.63, 3.8) is 0 Å². The molecule has 0 unspecified atom stereocenters. The second-order valence-corrected chi connectivity index (χ2v) is 19.6. The number of hydrogen-bond acceptors (Lipinski definition) is 18. The molecule has 4 saturated heterocycles. The maximum atomic E-state index is 15.3. The number of carbonyl (C=O) groups excluding carboxylic acids is 4. The first-order chi connectivity index (χ1) is 33.9. The highest BCUT2D eigenvalue weighted by atomic mass is 16.8. The van der Waals surface area contributed by atoms with Crippen LogP contribution in [0.15, 0.2) is 91.0 Å². The van der Waals surface area contributed by atoms with Gasteiger partial charge in [0.1, 0.15) is 65.9 Å². The first-order valence-corrected chi connectivity index (χ1v) is 23.8. The Bertz CT molecular complexity index is 2330. The standard InChI is InChI=1S/C51H63N3O17/c1-28(57)37(45(62)52-33(26-55)21-22-36(58)68-49(2,3)4)53-48(64)50-24-34-41-42(70-51(69-41,31-13-7-5-8-14-31)32-15-9-6-10-16-32)44(50)71-54(43(50)46(63)66-34)25-30-19-17-29(18-20-30)12-11-23-65-47-40(61)39(60)38(59)35(27-56)67-47/h5-20,28,33-35,37-44,47,55-57,59-61H,21-27H2,1-4H3,(H,52,62)(H,53,64)/t28-,33-,34+,35+,37+,38-,39-,40+,41-,42-,43-,44+,47-,50-/m0/s1. The van der Waals surface area contributed by atoms with Crippen LogP contribution in [0.3, 0.4) is 0 Å². The number of nitrogens with one attached hydrogen (secondary N) is 2. The maximum absolute atomic E-state index is 15.3. The summed E-state index contributed by atoms with van der Waals surface area (Å²) < 4.78 is 36.5. The van der Waals surface area contributed by atoms with Gasteiger partial charge in [0.2, 0.25) is 17.6 Å². The molecule has 20 heteroatoms. The van der Waals surface area contributed by atoms with Crippen molar-refractivity contribution in [2.45, 2.75) is 144 Å². The Kier molecular flexibility index (Phi) is 15.8. The molecular formula is C51H63N3O17. The largest absolute Gasteiger partial charge is 0.460 e. The van der Waals surface area contributed by atoms with Gasteiger partial charge in [-0.15, -0.1) is 0 Å². The Morgan fingerprint density at radius 2 is 1.54 bits per heavy atom. The molecule has 14 atom stereocenters. The molecule has 0 radical (unpaired) electrons. The zero-order valence-electron chi connectivity index (χ0n) is 39.8. The van der Waals surface area contributed by atoms with Crippen LogP contribution in [0.5, 0.6) is 0 Å². The van der Waals surface area contributed by atoms with Crippen LogP contribution in [0.4, 0.5) is 0 Å². The predicted molar refractivity (Wildman–Crippen MR) is 247 cm³/mol. The summed E-state index contributed by atoms with van der Waals surface area (Å²) in [5.74, 6) is -4.49. The third kappa shape index (κ3) is 10.7. The Morgan fingerprint density at radius 3 is 2.14 bits per heavy atom. The summed E-state index contributed by atoms with van der Waals surface area (Å²) in [7, 11) is 0. The monoisotopic (exact) mass is 989 g/mol. The van der Waals surface area contributed by atoms with Gasteiger partial charge in [-0.2, -0.15) is 5.06 Å². The molecule has 5 fully saturated rings. The average Bonchev–Trinajstić information content (AvgIpc) is 3.93. The van der Waals surface area contributed by atoms with E-state index < -0.39 is 133 Å². The number of hydrogen-bond donors (Lipinski definition) is 8. The normalized spacial score (nSPS) is 31.3. The molecule has 0 spiro atoms. The molecule has 2 bridgehead atoms. The van der Waals surface area contributed by atoms with Crippen molar-refractivity contribution in [3.05, 3.63) is 113 Å². The van der Waals surface area contributed by atoms with Crippen LogP contribution in [-0.2, 0) is 64.8 Å². The third-order valence-electron chi connectivity index (χ3n) is 13.5. The van der Waals surface area contributed by atoms with Gasteiger partial charge in [-0.25, -0.2) is 0 Å². The Morgan fingerprint density at radius 1 is 0.887 bits per heavy atom. The minimum Gasteiger partial charge on any atom is -0.460 e. The Balaban J connectivity index is 1.05. The van der Waals surface area contributed by atoms with E-state index in [4.69, 9.17) is 33.3 Å². The topological polar surface area (TPSA) is 282 Å². The molecule has 384 valence electrons. The van der Waals surface area contributed by atoms with Crippen molar-refractivity contribution >= 4 is 29.8 Å². The molecule has 4 heterocycles. The molecule has 5 aliphatic rings. The number of hydroxylamine groups is 2. The number of rotatable bonds is 18. The molecule has 0 aromatic heterocycles. The fraction of sp³-hybridized carbons (Fsp3) is 0.529. The van der Waals surface area contributed by atoms with E-state index in [-0.39, 0.29) is 32.4 Å². The first-order valence-electron chi connectivity index (χ1n) is 23.8. The molecular weight excluding hydrogens is 927 g/mol. The SMILES string of the molecule is C[C@H](O)[C@@H](NC(=O)[C@@]12C[C@H]3OC(=O)[C@@H]1N(Cc1ccc(C=CCO[C@H]4O[C@H](CO)[C@H](O)[C@H](O)[C@H]4O)cc1)O[C@@H]2[C@H]1OC(c2ccccc2)(c2ccccc2)O[C@H]13)C(=O)N[C@H](CO)CCC(=O)OC(C)(C)C. The summed E-state index contributed by atoms with van der Waals surface area (Å²) in [6.07, 6.45) is -9.59. The van der Waals surface area contributed by atoms with Crippen molar-refractivity contribution in [2.24, 2.45) is 5.41 Å². The summed E-state index contributed by atoms with van der Waals surface area (Å²) in [5.41, 5.74) is 0.136. The van der Waals surface area contributed by atoms with E-state index in [9.17, 15) is 45.0 Å². The van der Waals surface area contributed by atoms with Crippen LogP contribution in [0.2, 0.25) is 0 Å². The summed E-state index contributed by atoms with van der Waals surface area (Å²) in [6, 6.07) is 21.7. The van der Waals surface area contributed by atoms with E-state index in [0.29, 0.717) is 16.7 Å². The van der Waals surface area contributed by atoms with Crippen LogP contribution in [0.1, 0.15) is 69.2 Å².